The van der Waals surface area contributed by atoms with E-state index >= 15 is 0 Å². The van der Waals surface area contributed by atoms with Crippen molar-refractivity contribution >= 4 is 11.9 Å². The molecule has 2 aromatic rings. The number of carbonyl (C=O) groups excluding carboxylic acids is 2. The quantitative estimate of drug-likeness (QED) is 0.113. The van der Waals surface area contributed by atoms with E-state index in [9.17, 15) is 19.8 Å². The molecule has 0 aliphatic heterocycles. The van der Waals surface area contributed by atoms with Crippen LogP contribution in [0.5, 0.6) is 0 Å². The molecule has 0 aromatic carbocycles. The summed E-state index contributed by atoms with van der Waals surface area (Å²) >= 11 is 0. The van der Waals surface area contributed by atoms with Crippen molar-refractivity contribution in [2.24, 2.45) is 100 Å². The van der Waals surface area contributed by atoms with E-state index in [1.54, 1.807) is 11.1 Å². The van der Waals surface area contributed by atoms with Crippen LogP contribution in [-0.4, -0.2) is 64.3 Å². The Morgan fingerprint density at radius 3 is 1.26 bits per heavy atom. The zero-order chi connectivity index (χ0) is 60.1. The summed E-state index contributed by atoms with van der Waals surface area (Å²) in [5.41, 5.74) is 4.39. The molecule has 0 spiro atoms. The third kappa shape index (κ3) is 9.14. The average molecular weight is 1160 g/mol. The summed E-state index contributed by atoms with van der Waals surface area (Å²) in [6.07, 6.45) is 33.2. The van der Waals surface area contributed by atoms with Crippen molar-refractivity contribution in [2.75, 3.05) is 0 Å². The number of fused-ring (bicyclic) bond motifs is 14. The molecule has 12 heteroatoms. The lowest BCUT2D eigenvalue weighted by atomic mass is 9.33. The number of nitrogens with zero attached hydrogens (tertiary/aromatic N) is 6. The van der Waals surface area contributed by atoms with Gasteiger partial charge in [0.1, 0.15) is 24.6 Å². The van der Waals surface area contributed by atoms with Crippen molar-refractivity contribution in [3.05, 3.63) is 47.1 Å². The lowest BCUT2D eigenvalue weighted by Gasteiger charge is -2.71. The van der Waals surface area contributed by atoms with Crippen molar-refractivity contribution in [3.63, 3.8) is 0 Å². The molecule has 0 bridgehead atoms. The molecule has 2 aromatic heterocycles. The third-order valence-electron chi connectivity index (χ3n) is 29.4. The maximum absolute atomic E-state index is 14.8. The predicted molar refractivity (Wildman–Crippen MR) is 328 cm³/mol. The Morgan fingerprint density at radius 1 is 0.488 bits per heavy atom. The second kappa shape index (κ2) is 20.6. The van der Waals surface area contributed by atoms with Crippen molar-refractivity contribution in [1.82, 2.24) is 30.0 Å². The number of aromatic nitrogens is 6. The maximum Gasteiger partial charge on any atom is 0.313 e. The molecule has 0 amide bonds. The number of aryl methyl sites for hydroxylation is 2. The molecule has 0 radical (unpaired) electrons. The molecule has 12 rings (SSSR count). The summed E-state index contributed by atoms with van der Waals surface area (Å²) in [6.45, 7) is 36.3. The van der Waals surface area contributed by atoms with Gasteiger partial charge in [-0.15, -0.1) is 10.2 Å². The minimum atomic E-state index is -0.511. The van der Waals surface area contributed by atoms with Crippen LogP contribution in [-0.2, 0) is 45.4 Å². The lowest BCUT2D eigenvalue weighted by Crippen LogP contribution is -2.65. The van der Waals surface area contributed by atoms with Gasteiger partial charge < -0.3 is 19.7 Å². The summed E-state index contributed by atoms with van der Waals surface area (Å²) in [5.74, 6) is 2.45. The number of ether oxygens (including phenoxy) is 2. The number of hydrogen-bond acceptors (Lipinski definition) is 10. The molecular formula is C72H112N6O6. The normalized spacial score (nSPS) is 43.9. The summed E-state index contributed by atoms with van der Waals surface area (Å²) in [6, 6.07) is 0. The summed E-state index contributed by atoms with van der Waals surface area (Å²) in [4.78, 5) is 29.5. The minimum absolute atomic E-state index is 0.0275. The first-order chi connectivity index (χ1) is 39.3. The van der Waals surface area contributed by atoms with E-state index in [2.05, 4.69) is 130 Å². The molecule has 2 N–H and O–H groups in total. The van der Waals surface area contributed by atoms with Gasteiger partial charge in [0, 0.05) is 13.1 Å². The molecular weight excluding hydrogens is 1040 g/mol. The highest BCUT2D eigenvalue weighted by Gasteiger charge is 2.72. The first-order valence-electron chi connectivity index (χ1n) is 34.2. The highest BCUT2D eigenvalue weighted by Crippen LogP contribution is 2.78. The van der Waals surface area contributed by atoms with Gasteiger partial charge in [0.05, 0.1) is 35.4 Å². The standard InChI is InChI=1S/C72H112N6O6/c1-61(2)31-35-71(37-33-67(11)49(51(71)41-61)19-21-55-65(9)27-25-57(79)63(5,6)53(65)23-29-69(55,67)13)59(81)83-45-47-43-77(75-73-47)39-17-15-16-18-40-78-44-48(74-76-78)46-84-60(82)72-36-32-62(3,4)42-52(72)50-20-22-56-66(10)28-26-58(80)64(7,8)54(66)24-30-70(56,14)68(50,12)34-38-72/h19-20,43-44,51-58,79-80H,15-18,21-42,45-46H2,1-14H3/t51?,52?,53?,54?,55?,56?,57-,58-,65-,66-,67+,68+,69+,70+,71-,72-/m0/s1. The van der Waals surface area contributed by atoms with Gasteiger partial charge in [-0.2, -0.15) is 0 Å². The van der Waals surface area contributed by atoms with E-state index in [1.165, 1.54) is 25.7 Å². The van der Waals surface area contributed by atoms with E-state index in [1.807, 2.05) is 21.8 Å². The number of rotatable bonds is 13. The number of esters is 2. The fourth-order valence-corrected chi connectivity index (χ4v) is 23.7. The zero-order valence-electron chi connectivity index (χ0n) is 54.9. The van der Waals surface area contributed by atoms with Gasteiger partial charge in [-0.1, -0.05) is 143 Å². The van der Waals surface area contributed by atoms with Crippen molar-refractivity contribution < 1.29 is 29.3 Å². The highest BCUT2D eigenvalue weighted by molar-refractivity contribution is 5.79. The van der Waals surface area contributed by atoms with E-state index in [0.29, 0.717) is 35.1 Å². The second-order valence-corrected chi connectivity index (χ2v) is 35.0. The molecule has 16 atom stereocenters. The maximum atomic E-state index is 14.8. The van der Waals surface area contributed by atoms with Crippen LogP contribution in [0.25, 0.3) is 0 Å². The van der Waals surface area contributed by atoms with Gasteiger partial charge >= 0.3 is 11.9 Å². The summed E-state index contributed by atoms with van der Waals surface area (Å²) < 4.78 is 16.5. The number of aliphatic hydroxyl groups excluding tert-OH is 2. The molecule has 10 aliphatic carbocycles. The number of hydrogen-bond donors (Lipinski definition) is 2. The van der Waals surface area contributed by atoms with Crippen LogP contribution in [0.15, 0.2) is 35.7 Å². The molecule has 6 unspecified atom stereocenters. The zero-order valence-corrected chi connectivity index (χ0v) is 54.9. The number of aliphatic hydroxyl groups is 2. The Bertz CT molecular complexity index is 2720. The predicted octanol–water partition coefficient (Wildman–Crippen LogP) is 15.5. The van der Waals surface area contributed by atoms with Gasteiger partial charge in [0.15, 0.2) is 0 Å². The van der Waals surface area contributed by atoms with E-state index < -0.39 is 10.8 Å². The van der Waals surface area contributed by atoms with Crippen molar-refractivity contribution in [3.8, 4) is 0 Å². The molecule has 8 saturated carbocycles. The summed E-state index contributed by atoms with van der Waals surface area (Å²) in [7, 11) is 0. The molecule has 2 heterocycles. The SMILES string of the molecule is CC1(C)CC[C@]2(C(=O)OCc3cn(CCCCCCn4cc(COC(=O)[C@]56CCC(C)(C)CC5C5=CCC7[C@@]8(C)CC[C@H](O)C(C)(C)C8CC[C@@]7(C)[C@]5(C)CC6)nn4)nn3)CC[C@]3(C)C(=CCC4[C@@]5(C)CC[C@H](O)C(C)(C)C5CC[C@]43C)C2C1. The van der Waals surface area contributed by atoms with E-state index in [0.717, 1.165) is 142 Å². The number of carbonyl (C=O) groups is 2. The van der Waals surface area contributed by atoms with Crippen LogP contribution in [0.4, 0.5) is 0 Å². The molecule has 10 aliphatic rings. The van der Waals surface area contributed by atoms with Gasteiger partial charge in [0.2, 0.25) is 0 Å². The molecule has 8 fully saturated rings. The van der Waals surface area contributed by atoms with Gasteiger partial charge in [-0.25, -0.2) is 0 Å². The smallest absolute Gasteiger partial charge is 0.313 e. The van der Waals surface area contributed by atoms with Crippen LogP contribution in [0.3, 0.4) is 0 Å². The van der Waals surface area contributed by atoms with Gasteiger partial charge in [-0.3, -0.25) is 19.0 Å². The minimum Gasteiger partial charge on any atom is -0.459 e. The van der Waals surface area contributed by atoms with Crippen LogP contribution >= 0.6 is 0 Å². The topological polar surface area (TPSA) is 154 Å². The Morgan fingerprint density at radius 2 is 0.869 bits per heavy atom. The monoisotopic (exact) mass is 1160 g/mol. The van der Waals surface area contributed by atoms with E-state index in [-0.39, 0.29) is 103 Å². The summed E-state index contributed by atoms with van der Waals surface area (Å²) in [5, 5.41) is 40.3. The molecule has 0 saturated heterocycles. The fraction of sp³-hybridized carbons (Fsp3) is 0.861. The molecule has 84 heavy (non-hydrogen) atoms. The Labute approximate surface area is 506 Å². The first-order valence-corrected chi connectivity index (χ1v) is 34.2. The van der Waals surface area contributed by atoms with E-state index in [4.69, 9.17) is 9.47 Å². The first kappa shape index (κ1) is 60.9. The average Bonchev–Trinajstić information content (AvgIpc) is 1.04. The highest BCUT2D eigenvalue weighted by atomic mass is 16.5. The molecule has 12 nitrogen and oxygen atoms in total. The lowest BCUT2D eigenvalue weighted by molar-refractivity contribution is -0.206. The third-order valence-corrected chi connectivity index (χ3v) is 29.4. The second-order valence-electron chi connectivity index (χ2n) is 35.0. The van der Waals surface area contributed by atoms with Gasteiger partial charge in [-0.05, 0) is 231 Å². The van der Waals surface area contributed by atoms with Crippen LogP contribution < -0.4 is 0 Å². The Balaban J connectivity index is 0.616. The van der Waals surface area contributed by atoms with Crippen molar-refractivity contribution in [1.29, 1.82) is 0 Å². The van der Waals surface area contributed by atoms with Crippen molar-refractivity contribution in [2.45, 2.75) is 290 Å². The number of allylic oxidation sites excluding steroid dienone is 4. The fourth-order valence-electron chi connectivity index (χ4n) is 23.7. The molecule has 466 valence electrons. The van der Waals surface area contributed by atoms with Crippen LogP contribution in [0.2, 0.25) is 0 Å². The Hall–Kier alpha value is -3.38. The van der Waals surface area contributed by atoms with Crippen LogP contribution in [0.1, 0.15) is 262 Å². The number of unbranched alkanes of at least 4 members (excludes halogenated alkanes) is 3. The largest absolute Gasteiger partial charge is 0.459 e. The van der Waals surface area contributed by atoms with Gasteiger partial charge in [0.25, 0.3) is 0 Å². The Kier molecular flexibility index (Phi) is 14.9. The van der Waals surface area contributed by atoms with Crippen LogP contribution in [0, 0.1) is 100 Å².